The van der Waals surface area contributed by atoms with Crippen LogP contribution in [0.3, 0.4) is 0 Å². The third-order valence-electron chi connectivity index (χ3n) is 3.76. The molecule has 0 aromatic heterocycles. The summed E-state index contributed by atoms with van der Waals surface area (Å²) in [5.41, 5.74) is 5.65. The van der Waals surface area contributed by atoms with E-state index in [1.807, 2.05) is 18.2 Å². The second-order valence-corrected chi connectivity index (χ2v) is 6.04. The fourth-order valence-corrected chi connectivity index (χ4v) is 2.94. The van der Waals surface area contributed by atoms with Gasteiger partial charge in [-0.05, 0) is 41.3 Å². The van der Waals surface area contributed by atoms with Crippen LogP contribution in [0.1, 0.15) is 22.7 Å². The molecule has 0 spiro atoms. The van der Waals surface area contributed by atoms with Crippen LogP contribution in [0.5, 0.6) is 5.75 Å². The van der Waals surface area contributed by atoms with Crippen LogP contribution in [0.15, 0.2) is 40.9 Å². The highest BCUT2D eigenvalue weighted by molar-refractivity contribution is 9.10. The molecule has 0 saturated heterocycles. The molecule has 3 rings (SSSR count). The van der Waals surface area contributed by atoms with Gasteiger partial charge in [-0.1, -0.05) is 34.1 Å². The van der Waals surface area contributed by atoms with Crippen LogP contribution in [-0.4, -0.2) is 6.61 Å². The first-order valence-corrected chi connectivity index (χ1v) is 7.62. The molecule has 3 nitrogen and oxygen atoms in total. The van der Waals surface area contributed by atoms with Gasteiger partial charge in [0.1, 0.15) is 11.6 Å². The predicted molar refractivity (Wildman–Crippen MR) is 83.5 cm³/mol. The lowest BCUT2D eigenvalue weighted by Crippen LogP contribution is -2.29. The lowest BCUT2D eigenvalue weighted by atomic mass is 9.97. The summed E-state index contributed by atoms with van der Waals surface area (Å²) >= 11 is 3.26. The van der Waals surface area contributed by atoms with Gasteiger partial charge in [-0.15, -0.1) is 0 Å². The molecule has 0 fully saturated rings. The molecule has 5 heteroatoms. The first kappa shape index (κ1) is 14.5. The van der Waals surface area contributed by atoms with E-state index < -0.39 is 0 Å². The molecule has 0 radical (unpaired) electrons. The Hall–Kier alpha value is -1.43. The molecule has 110 valence electrons. The van der Waals surface area contributed by atoms with Crippen molar-refractivity contribution in [1.82, 2.24) is 5.43 Å². The molecule has 3 N–H and O–H groups in total. The van der Waals surface area contributed by atoms with Gasteiger partial charge >= 0.3 is 0 Å². The maximum absolute atomic E-state index is 14.0. The Labute approximate surface area is 131 Å². The zero-order valence-corrected chi connectivity index (χ0v) is 13.0. The third-order valence-corrected chi connectivity index (χ3v) is 4.25. The number of rotatable bonds is 4. The van der Waals surface area contributed by atoms with Gasteiger partial charge in [-0.2, -0.15) is 0 Å². The van der Waals surface area contributed by atoms with Crippen molar-refractivity contribution in [2.24, 2.45) is 5.84 Å². The normalized spacial score (nSPS) is 14.6. The minimum atomic E-state index is -0.228. The van der Waals surface area contributed by atoms with E-state index in [0.717, 1.165) is 28.8 Å². The van der Waals surface area contributed by atoms with Crippen molar-refractivity contribution in [2.75, 3.05) is 6.61 Å². The predicted octanol–water partition coefficient (Wildman–Crippen LogP) is 3.27. The number of nitrogens with two attached hydrogens (primary N) is 1. The topological polar surface area (TPSA) is 47.3 Å². The number of hydrogen-bond donors (Lipinski definition) is 2. The second kappa shape index (κ2) is 6.13. The highest BCUT2D eigenvalue weighted by Crippen LogP contribution is 2.29. The summed E-state index contributed by atoms with van der Waals surface area (Å²) in [5, 5.41) is 0. The Morgan fingerprint density at radius 2 is 2.14 bits per heavy atom. The Morgan fingerprint density at radius 3 is 2.90 bits per heavy atom. The molecule has 1 aliphatic rings. The highest BCUT2D eigenvalue weighted by Gasteiger charge is 2.17. The Balaban J connectivity index is 1.85. The van der Waals surface area contributed by atoms with Crippen molar-refractivity contribution >= 4 is 15.9 Å². The van der Waals surface area contributed by atoms with Crippen molar-refractivity contribution in [3.8, 4) is 5.75 Å². The smallest absolute Gasteiger partial charge is 0.127 e. The monoisotopic (exact) mass is 350 g/mol. The summed E-state index contributed by atoms with van der Waals surface area (Å²) < 4.78 is 20.2. The van der Waals surface area contributed by atoms with E-state index in [9.17, 15) is 4.39 Å². The largest absolute Gasteiger partial charge is 0.493 e. The maximum Gasteiger partial charge on any atom is 0.127 e. The maximum atomic E-state index is 14.0. The fourth-order valence-electron chi connectivity index (χ4n) is 2.60. The summed E-state index contributed by atoms with van der Waals surface area (Å²) in [6, 6.07) is 11.0. The summed E-state index contributed by atoms with van der Waals surface area (Å²) in [6.07, 6.45) is 1.41. The van der Waals surface area contributed by atoms with Crippen LogP contribution in [-0.2, 0) is 12.8 Å². The summed E-state index contributed by atoms with van der Waals surface area (Å²) in [6.45, 7) is 0.723. The van der Waals surface area contributed by atoms with Crippen LogP contribution in [0.25, 0.3) is 0 Å². The average Bonchev–Trinajstić information content (AvgIpc) is 2.94. The van der Waals surface area contributed by atoms with Crippen molar-refractivity contribution in [3.05, 3.63) is 63.4 Å². The minimum absolute atomic E-state index is 0.133. The molecule has 1 atom stereocenters. The molecule has 1 heterocycles. The summed E-state index contributed by atoms with van der Waals surface area (Å²) in [4.78, 5) is 0. The van der Waals surface area contributed by atoms with Gasteiger partial charge in [0.15, 0.2) is 0 Å². The molecule has 1 unspecified atom stereocenters. The Bertz CT molecular complexity index is 663. The van der Waals surface area contributed by atoms with E-state index in [-0.39, 0.29) is 11.9 Å². The van der Waals surface area contributed by atoms with E-state index in [2.05, 4.69) is 27.4 Å². The van der Waals surface area contributed by atoms with E-state index >= 15 is 0 Å². The molecule has 0 amide bonds. The Morgan fingerprint density at radius 1 is 1.29 bits per heavy atom. The molecule has 2 aromatic carbocycles. The number of benzene rings is 2. The van der Waals surface area contributed by atoms with Crippen LogP contribution >= 0.6 is 15.9 Å². The van der Waals surface area contributed by atoms with Crippen LogP contribution in [0.4, 0.5) is 4.39 Å². The summed E-state index contributed by atoms with van der Waals surface area (Å²) in [7, 11) is 0. The first-order chi connectivity index (χ1) is 10.2. The number of halogens is 2. The molecular weight excluding hydrogens is 335 g/mol. The van der Waals surface area contributed by atoms with Crippen molar-refractivity contribution in [3.63, 3.8) is 0 Å². The number of fused-ring (bicyclic) bond motifs is 1. The zero-order chi connectivity index (χ0) is 14.8. The number of hydrazine groups is 1. The highest BCUT2D eigenvalue weighted by atomic mass is 79.9. The number of nitrogens with one attached hydrogen (secondary N) is 1. The van der Waals surface area contributed by atoms with Gasteiger partial charge in [-0.3, -0.25) is 11.3 Å². The Kier molecular flexibility index (Phi) is 4.24. The average molecular weight is 351 g/mol. The second-order valence-electron chi connectivity index (χ2n) is 5.12. The lowest BCUT2D eigenvalue weighted by molar-refractivity contribution is 0.356. The molecular formula is C16H16BrFN2O. The van der Waals surface area contributed by atoms with Gasteiger partial charge in [0, 0.05) is 10.9 Å². The lowest BCUT2D eigenvalue weighted by Gasteiger charge is -2.18. The minimum Gasteiger partial charge on any atom is -0.493 e. The molecule has 1 aliphatic heterocycles. The molecule has 2 aromatic rings. The standard InChI is InChI=1S/C16H16BrFN2O/c17-13-3-1-10(14(18)9-13)8-15(20-19)11-2-4-16-12(7-11)5-6-21-16/h1-4,7,9,15,20H,5-6,8,19H2. The van der Waals surface area contributed by atoms with Crippen molar-refractivity contribution in [1.29, 1.82) is 0 Å². The van der Waals surface area contributed by atoms with Gasteiger partial charge in [0.2, 0.25) is 0 Å². The van der Waals surface area contributed by atoms with Crippen LogP contribution in [0, 0.1) is 5.82 Å². The molecule has 21 heavy (non-hydrogen) atoms. The zero-order valence-electron chi connectivity index (χ0n) is 11.4. The summed E-state index contributed by atoms with van der Waals surface area (Å²) in [5.74, 6) is 6.37. The van der Waals surface area contributed by atoms with E-state index in [4.69, 9.17) is 10.6 Å². The number of ether oxygens (including phenoxy) is 1. The van der Waals surface area contributed by atoms with Crippen molar-refractivity contribution < 1.29 is 9.13 Å². The van der Waals surface area contributed by atoms with Gasteiger partial charge in [0.25, 0.3) is 0 Å². The van der Waals surface area contributed by atoms with Crippen LogP contribution < -0.4 is 16.0 Å². The van der Waals surface area contributed by atoms with E-state index in [1.165, 1.54) is 11.6 Å². The molecule has 0 aliphatic carbocycles. The van der Waals surface area contributed by atoms with Crippen LogP contribution in [0.2, 0.25) is 0 Å². The quantitative estimate of drug-likeness (QED) is 0.657. The van der Waals surface area contributed by atoms with Gasteiger partial charge < -0.3 is 4.74 Å². The van der Waals surface area contributed by atoms with E-state index in [0.29, 0.717) is 12.0 Å². The first-order valence-electron chi connectivity index (χ1n) is 6.83. The SMILES string of the molecule is NNC(Cc1ccc(Br)cc1F)c1ccc2c(c1)CCO2. The third kappa shape index (κ3) is 3.10. The van der Waals surface area contributed by atoms with Gasteiger partial charge in [0.05, 0.1) is 12.6 Å². The molecule has 0 bridgehead atoms. The van der Waals surface area contributed by atoms with E-state index in [1.54, 1.807) is 6.07 Å². The van der Waals surface area contributed by atoms with Gasteiger partial charge in [-0.25, -0.2) is 4.39 Å². The van der Waals surface area contributed by atoms with Crippen molar-refractivity contribution in [2.45, 2.75) is 18.9 Å². The molecule has 0 saturated carbocycles. The fraction of sp³-hybridized carbons (Fsp3) is 0.250. The number of hydrogen-bond acceptors (Lipinski definition) is 3.